The second kappa shape index (κ2) is 8.22. The van der Waals surface area contributed by atoms with E-state index in [0.29, 0.717) is 0 Å². The van der Waals surface area contributed by atoms with Crippen molar-refractivity contribution in [1.82, 2.24) is 0 Å². The molecule has 0 bridgehead atoms. The molecule has 0 aliphatic rings. The largest absolute Gasteiger partial charge is 3.00 e. The van der Waals surface area contributed by atoms with Gasteiger partial charge in [-0.25, -0.2) is 0 Å². The van der Waals surface area contributed by atoms with Crippen molar-refractivity contribution < 1.29 is 64.7 Å². The van der Waals surface area contributed by atoms with Crippen molar-refractivity contribution in [1.29, 1.82) is 0 Å². The Morgan fingerprint density at radius 2 is 1.00 bits per heavy atom. The summed E-state index contributed by atoms with van der Waals surface area (Å²) < 4.78 is 34.1. The maximum absolute atomic E-state index is 8.52. The normalized spacial score (nSPS) is 7.25. The molecule has 0 aromatic heterocycles. The van der Waals surface area contributed by atoms with Gasteiger partial charge in [-0.05, 0) is 0 Å². The Kier molecular flexibility index (Phi) is 23.5. The summed E-state index contributed by atoms with van der Waals surface area (Å²) in [6.45, 7) is 0. The van der Waals surface area contributed by atoms with Crippen molar-refractivity contribution in [2.24, 2.45) is 0 Å². The molecule has 0 saturated heterocycles. The van der Waals surface area contributed by atoms with Crippen LogP contribution in [0.2, 0.25) is 0 Å². The van der Waals surface area contributed by atoms with Gasteiger partial charge in [0.2, 0.25) is 0 Å². The third kappa shape index (κ3) is 187. The molecule has 8 heteroatoms. The molecule has 0 heterocycles. The van der Waals surface area contributed by atoms with Gasteiger partial charge in [-0.3, -0.25) is 8.42 Å². The van der Waals surface area contributed by atoms with Crippen LogP contribution in [-0.2, 0) is 45.1 Å². The third-order valence-corrected chi connectivity index (χ3v) is 0. The van der Waals surface area contributed by atoms with Crippen LogP contribution < -0.4 is 12.4 Å². The van der Waals surface area contributed by atoms with Gasteiger partial charge in [0.15, 0.2) is 0 Å². The number of halogens is 1. The molecule has 46 valence electrons. The summed E-state index contributed by atoms with van der Waals surface area (Å²) in [5.41, 5.74) is 0. The minimum atomic E-state index is -5.17. The van der Waals surface area contributed by atoms with Gasteiger partial charge < -0.3 is 21.5 Å². The van der Waals surface area contributed by atoms with Gasteiger partial charge in [0, 0.05) is 10.4 Å². The molecule has 0 atom stereocenters. The molecular weight excluding hydrogens is 236 g/mol. The molecular formula is ClCr2O4S+3. The van der Waals surface area contributed by atoms with Gasteiger partial charge in [0.25, 0.3) is 0 Å². The zero-order chi connectivity index (χ0) is 4.50. The quantitative estimate of drug-likeness (QED) is 0.314. The monoisotopic (exact) mass is 235 g/mol. The first kappa shape index (κ1) is 22.9. The molecule has 0 unspecified atom stereocenters. The zero-order valence-corrected chi connectivity index (χ0v) is 7.36. The first-order chi connectivity index (χ1) is 2.00. The Bertz CT molecular complexity index is 97.2. The fourth-order valence-corrected chi connectivity index (χ4v) is 0. The van der Waals surface area contributed by atoms with Crippen LogP contribution in [0, 0.1) is 0 Å². The fourth-order valence-electron chi connectivity index (χ4n) is 0. The summed E-state index contributed by atoms with van der Waals surface area (Å²) in [4.78, 5) is 0. The molecule has 0 amide bonds. The molecule has 0 aromatic rings. The number of rotatable bonds is 0. The zero-order valence-electron chi connectivity index (χ0n) is 3.24. The minimum Gasteiger partial charge on any atom is -1.00 e. The van der Waals surface area contributed by atoms with E-state index in [0.717, 1.165) is 0 Å². The maximum Gasteiger partial charge on any atom is 3.00 e. The molecule has 8 heavy (non-hydrogen) atoms. The molecule has 0 spiro atoms. The van der Waals surface area contributed by atoms with Crippen molar-refractivity contribution in [3.05, 3.63) is 0 Å². The summed E-state index contributed by atoms with van der Waals surface area (Å²) in [5.74, 6) is 0. The number of hydrogen-bond donors (Lipinski definition) is 0. The Morgan fingerprint density at radius 1 is 1.00 bits per heavy atom. The van der Waals surface area contributed by atoms with Crippen LogP contribution >= 0.6 is 0 Å². The van der Waals surface area contributed by atoms with Crippen molar-refractivity contribution in [3.63, 3.8) is 0 Å². The molecule has 0 aromatic carbocycles. The second-order valence-corrected chi connectivity index (χ2v) is 1.22. The van der Waals surface area contributed by atoms with E-state index in [1.54, 1.807) is 0 Å². The first-order valence-corrected chi connectivity index (χ1v) is 2.00. The third-order valence-electron chi connectivity index (χ3n) is 0. The Morgan fingerprint density at radius 3 is 1.00 bits per heavy atom. The number of hydrogen-bond acceptors (Lipinski definition) is 4. The van der Waals surface area contributed by atoms with Crippen LogP contribution in [0.25, 0.3) is 0 Å². The molecule has 0 aliphatic carbocycles. The molecule has 0 rings (SSSR count). The van der Waals surface area contributed by atoms with E-state index in [-0.39, 0.29) is 47.1 Å². The summed E-state index contributed by atoms with van der Waals surface area (Å²) in [7, 11) is -5.17. The second-order valence-electron chi connectivity index (χ2n) is 0.408. The van der Waals surface area contributed by atoms with Gasteiger partial charge in [0.1, 0.15) is 0 Å². The predicted molar refractivity (Wildman–Crippen MR) is 10.5 cm³/mol. The maximum atomic E-state index is 8.52. The minimum absolute atomic E-state index is 0. The van der Waals surface area contributed by atoms with Crippen LogP contribution in [0.15, 0.2) is 0 Å². The van der Waals surface area contributed by atoms with Gasteiger partial charge in [-0.15, -0.1) is 0 Å². The van der Waals surface area contributed by atoms with Gasteiger partial charge in [-0.2, -0.15) is 0 Å². The first-order valence-electron chi connectivity index (χ1n) is 0.667. The molecule has 0 saturated carbocycles. The van der Waals surface area contributed by atoms with Crippen LogP contribution in [-0.4, -0.2) is 17.5 Å². The van der Waals surface area contributed by atoms with Gasteiger partial charge in [0.05, 0.1) is 0 Å². The average molecular weight is 236 g/mol. The Hall–Kier alpha value is 1.22. The Balaban J connectivity index is -0.0000000267. The summed E-state index contributed by atoms with van der Waals surface area (Å²) in [6.07, 6.45) is 0. The summed E-state index contributed by atoms with van der Waals surface area (Å²) in [6, 6.07) is 0. The van der Waals surface area contributed by atoms with Crippen LogP contribution in [0.5, 0.6) is 0 Å². The van der Waals surface area contributed by atoms with Crippen molar-refractivity contribution >= 4 is 10.4 Å². The van der Waals surface area contributed by atoms with Crippen molar-refractivity contribution in [3.8, 4) is 0 Å². The van der Waals surface area contributed by atoms with Crippen LogP contribution in [0.4, 0.5) is 0 Å². The van der Waals surface area contributed by atoms with E-state index in [1.165, 1.54) is 0 Å². The van der Waals surface area contributed by atoms with E-state index in [9.17, 15) is 0 Å². The standard InChI is InChI=1S/ClH.2Cr.H2O4S/c;;;1-5(2,3)4/h1H;;;(H2,1,2,3,4)/q;2*+3;/p-3. The van der Waals surface area contributed by atoms with E-state index in [4.69, 9.17) is 17.5 Å². The SMILES string of the molecule is O=S(=O)([O-])[O-].[Cl-].[Cr+3].[Cr+3]. The van der Waals surface area contributed by atoms with Crippen LogP contribution in [0.1, 0.15) is 0 Å². The van der Waals surface area contributed by atoms with Crippen LogP contribution in [0.3, 0.4) is 0 Å². The molecule has 0 aliphatic heterocycles. The molecule has 0 fully saturated rings. The predicted octanol–water partition coefficient (Wildman–Crippen LogP) is -4.34. The van der Waals surface area contributed by atoms with Crippen molar-refractivity contribution in [2.45, 2.75) is 0 Å². The average Bonchev–Trinajstić information content (AvgIpc) is 0.722. The van der Waals surface area contributed by atoms with Crippen molar-refractivity contribution in [2.75, 3.05) is 0 Å². The molecule has 4 nitrogen and oxygen atoms in total. The van der Waals surface area contributed by atoms with E-state index in [2.05, 4.69) is 0 Å². The van der Waals surface area contributed by atoms with E-state index in [1.807, 2.05) is 0 Å². The fraction of sp³-hybridized carbons (Fsp3) is 0. The summed E-state index contributed by atoms with van der Waals surface area (Å²) in [5, 5.41) is 0. The van der Waals surface area contributed by atoms with Gasteiger partial charge >= 0.3 is 34.7 Å². The van der Waals surface area contributed by atoms with E-state index >= 15 is 0 Å². The molecule has 2 radical (unpaired) electrons. The Labute approximate surface area is 74.9 Å². The summed E-state index contributed by atoms with van der Waals surface area (Å²) >= 11 is 0. The smallest absolute Gasteiger partial charge is 1.00 e. The van der Waals surface area contributed by atoms with E-state index < -0.39 is 10.4 Å². The molecule has 0 N–H and O–H groups in total. The van der Waals surface area contributed by atoms with Gasteiger partial charge in [-0.1, -0.05) is 0 Å². The topological polar surface area (TPSA) is 80.3 Å².